The second-order valence-corrected chi connectivity index (χ2v) is 7.53. The summed E-state index contributed by atoms with van der Waals surface area (Å²) in [6, 6.07) is 19.0. The van der Waals surface area contributed by atoms with Crippen molar-refractivity contribution < 1.29 is 9.72 Å². The third-order valence-electron chi connectivity index (χ3n) is 5.18. The summed E-state index contributed by atoms with van der Waals surface area (Å²) < 4.78 is 1.09. The molecule has 1 aromatic heterocycles. The van der Waals surface area contributed by atoms with Crippen LogP contribution in [0.1, 0.15) is 11.1 Å². The molecular weight excluding hydrogens is 408 g/mol. The van der Waals surface area contributed by atoms with E-state index < -0.39 is 16.4 Å². The van der Waals surface area contributed by atoms with Gasteiger partial charge in [0.15, 0.2) is 0 Å². The van der Waals surface area contributed by atoms with Crippen LogP contribution in [0.15, 0.2) is 71.5 Å². The Bertz CT molecular complexity index is 1410. The van der Waals surface area contributed by atoms with Gasteiger partial charge in [0.1, 0.15) is 6.54 Å². The summed E-state index contributed by atoms with van der Waals surface area (Å²) in [4.78, 5) is 36.5. The minimum Gasteiger partial charge on any atom is -0.324 e. The Morgan fingerprint density at radius 2 is 1.72 bits per heavy atom. The molecule has 0 saturated carbocycles. The number of anilines is 1. The van der Waals surface area contributed by atoms with Crippen LogP contribution in [0.2, 0.25) is 0 Å². The Kier molecular flexibility index (Phi) is 5.51. The molecule has 0 atom stereocenters. The Labute approximate surface area is 183 Å². The van der Waals surface area contributed by atoms with Crippen molar-refractivity contribution in [2.45, 2.75) is 20.4 Å². The number of benzene rings is 3. The van der Waals surface area contributed by atoms with Crippen LogP contribution in [0.5, 0.6) is 0 Å². The lowest BCUT2D eigenvalue weighted by atomic mass is 10.0. The predicted molar refractivity (Wildman–Crippen MR) is 123 cm³/mol. The molecule has 4 rings (SSSR count). The van der Waals surface area contributed by atoms with Gasteiger partial charge in [-0.2, -0.15) is 5.10 Å². The van der Waals surface area contributed by atoms with E-state index in [0.29, 0.717) is 33.3 Å². The molecule has 1 amide bonds. The van der Waals surface area contributed by atoms with Gasteiger partial charge in [0.25, 0.3) is 11.2 Å². The Morgan fingerprint density at radius 3 is 2.41 bits per heavy atom. The second kappa shape index (κ2) is 8.43. The van der Waals surface area contributed by atoms with Gasteiger partial charge in [0, 0.05) is 28.3 Å². The van der Waals surface area contributed by atoms with Crippen molar-refractivity contribution in [3.63, 3.8) is 0 Å². The normalized spacial score (nSPS) is 10.8. The lowest BCUT2D eigenvalue weighted by molar-refractivity contribution is -0.385. The Hall–Kier alpha value is -4.33. The number of hydrogen-bond donors (Lipinski definition) is 1. The third kappa shape index (κ3) is 4.11. The molecule has 0 fully saturated rings. The number of rotatable bonds is 5. The van der Waals surface area contributed by atoms with Crippen LogP contribution in [-0.4, -0.2) is 20.6 Å². The molecule has 0 unspecified atom stereocenters. The maximum absolute atomic E-state index is 13.0. The number of aromatic nitrogens is 2. The van der Waals surface area contributed by atoms with E-state index in [4.69, 9.17) is 0 Å². The minimum atomic E-state index is -0.452. The summed E-state index contributed by atoms with van der Waals surface area (Å²) in [5, 5.41) is 19.5. The molecule has 8 heteroatoms. The molecule has 0 saturated heterocycles. The summed E-state index contributed by atoms with van der Waals surface area (Å²) in [5.74, 6) is -0.403. The fraction of sp³-hybridized carbons (Fsp3) is 0.125. The van der Waals surface area contributed by atoms with E-state index in [1.807, 2.05) is 19.1 Å². The van der Waals surface area contributed by atoms with E-state index in [0.717, 1.165) is 10.2 Å². The molecule has 32 heavy (non-hydrogen) atoms. The number of nitrogens with one attached hydrogen (secondary N) is 1. The van der Waals surface area contributed by atoms with Crippen molar-refractivity contribution in [1.29, 1.82) is 0 Å². The number of aryl methyl sites for hydroxylation is 2. The number of hydrogen-bond acceptors (Lipinski definition) is 5. The van der Waals surface area contributed by atoms with Crippen LogP contribution in [0.3, 0.4) is 0 Å². The highest BCUT2D eigenvalue weighted by Crippen LogP contribution is 2.29. The van der Waals surface area contributed by atoms with Crippen molar-refractivity contribution in [2.24, 2.45) is 0 Å². The summed E-state index contributed by atoms with van der Waals surface area (Å²) in [7, 11) is 0. The van der Waals surface area contributed by atoms with Crippen LogP contribution >= 0.6 is 0 Å². The van der Waals surface area contributed by atoms with Crippen LogP contribution in [0, 0.1) is 24.0 Å². The van der Waals surface area contributed by atoms with E-state index in [2.05, 4.69) is 10.4 Å². The van der Waals surface area contributed by atoms with Gasteiger partial charge in [-0.3, -0.25) is 19.7 Å². The van der Waals surface area contributed by atoms with Crippen LogP contribution in [0.25, 0.3) is 22.0 Å². The summed E-state index contributed by atoms with van der Waals surface area (Å²) in [6.07, 6.45) is 0. The van der Waals surface area contributed by atoms with Gasteiger partial charge in [-0.15, -0.1) is 0 Å². The standard InChI is InChI=1S/C24H20N4O4/c1-15-7-11-18(12-8-15)25-22(29)14-27-24(30)20-6-4-3-5-19(20)23(26-27)17-10-9-16(2)21(13-17)28(31)32/h3-13H,14H2,1-2H3,(H,25,29). The van der Waals surface area contributed by atoms with Gasteiger partial charge in [-0.25, -0.2) is 4.68 Å². The van der Waals surface area contributed by atoms with Gasteiger partial charge in [0.2, 0.25) is 5.91 Å². The highest BCUT2D eigenvalue weighted by molar-refractivity contribution is 5.95. The van der Waals surface area contributed by atoms with Crippen molar-refractivity contribution >= 4 is 28.1 Å². The van der Waals surface area contributed by atoms with E-state index in [9.17, 15) is 19.7 Å². The van der Waals surface area contributed by atoms with Gasteiger partial charge in [-0.1, -0.05) is 48.0 Å². The first-order valence-electron chi connectivity index (χ1n) is 9.95. The number of amides is 1. The maximum atomic E-state index is 13.0. The number of nitrogens with zero attached hydrogens (tertiary/aromatic N) is 3. The zero-order chi connectivity index (χ0) is 22.8. The molecule has 0 aliphatic carbocycles. The SMILES string of the molecule is Cc1ccc(NC(=O)Cn2nc(-c3ccc(C)c([N+](=O)[O-])c3)c3ccccc3c2=O)cc1. The molecule has 0 radical (unpaired) electrons. The number of nitro benzene ring substituents is 1. The molecule has 4 aromatic rings. The lowest BCUT2D eigenvalue weighted by Gasteiger charge is -2.12. The number of carbonyl (C=O) groups excluding carboxylic acids is 1. The molecule has 1 heterocycles. The number of carbonyl (C=O) groups is 1. The highest BCUT2D eigenvalue weighted by atomic mass is 16.6. The number of nitro groups is 1. The predicted octanol–water partition coefficient (Wildman–Crippen LogP) is 4.23. The molecule has 8 nitrogen and oxygen atoms in total. The molecule has 0 bridgehead atoms. The topological polar surface area (TPSA) is 107 Å². The minimum absolute atomic E-state index is 0.0387. The van der Waals surface area contributed by atoms with Crippen LogP contribution < -0.4 is 10.9 Å². The summed E-state index contributed by atoms with van der Waals surface area (Å²) in [6.45, 7) is 3.31. The van der Waals surface area contributed by atoms with Gasteiger partial charge in [-0.05, 0) is 32.0 Å². The van der Waals surface area contributed by atoms with Gasteiger partial charge >= 0.3 is 0 Å². The number of fused-ring (bicyclic) bond motifs is 1. The zero-order valence-electron chi connectivity index (χ0n) is 17.5. The van der Waals surface area contributed by atoms with Crippen molar-refractivity contribution in [3.8, 4) is 11.3 Å². The smallest absolute Gasteiger partial charge is 0.275 e. The average molecular weight is 428 g/mol. The first kappa shape index (κ1) is 20.9. The third-order valence-corrected chi connectivity index (χ3v) is 5.18. The van der Waals surface area contributed by atoms with Crippen LogP contribution in [-0.2, 0) is 11.3 Å². The maximum Gasteiger partial charge on any atom is 0.275 e. The monoisotopic (exact) mass is 428 g/mol. The zero-order valence-corrected chi connectivity index (χ0v) is 17.5. The van der Waals surface area contributed by atoms with Crippen molar-refractivity contribution in [2.75, 3.05) is 5.32 Å². The van der Waals surface area contributed by atoms with E-state index in [1.54, 1.807) is 55.5 Å². The van der Waals surface area contributed by atoms with E-state index in [1.165, 1.54) is 6.07 Å². The first-order chi connectivity index (χ1) is 15.3. The molecular formula is C24H20N4O4. The second-order valence-electron chi connectivity index (χ2n) is 7.53. The first-order valence-corrected chi connectivity index (χ1v) is 9.95. The van der Waals surface area contributed by atoms with E-state index >= 15 is 0 Å². The highest BCUT2D eigenvalue weighted by Gasteiger charge is 2.18. The fourth-order valence-corrected chi connectivity index (χ4v) is 3.48. The van der Waals surface area contributed by atoms with Crippen molar-refractivity contribution in [1.82, 2.24) is 9.78 Å². The average Bonchev–Trinajstić information content (AvgIpc) is 2.77. The van der Waals surface area contributed by atoms with Gasteiger partial charge < -0.3 is 5.32 Å². The van der Waals surface area contributed by atoms with Crippen LogP contribution in [0.4, 0.5) is 11.4 Å². The molecule has 0 aliphatic heterocycles. The summed E-state index contributed by atoms with van der Waals surface area (Å²) >= 11 is 0. The Morgan fingerprint density at radius 1 is 1.03 bits per heavy atom. The molecule has 0 aliphatic rings. The molecule has 0 spiro atoms. The summed E-state index contributed by atoms with van der Waals surface area (Å²) in [5.41, 5.74) is 2.64. The Balaban J connectivity index is 1.78. The quantitative estimate of drug-likeness (QED) is 0.378. The van der Waals surface area contributed by atoms with Crippen molar-refractivity contribution in [3.05, 3.63) is 98.3 Å². The molecule has 3 aromatic carbocycles. The van der Waals surface area contributed by atoms with E-state index in [-0.39, 0.29) is 12.2 Å². The molecule has 160 valence electrons. The largest absolute Gasteiger partial charge is 0.324 e. The fourth-order valence-electron chi connectivity index (χ4n) is 3.48. The lowest BCUT2D eigenvalue weighted by Crippen LogP contribution is -2.30. The molecule has 1 N–H and O–H groups in total. The van der Waals surface area contributed by atoms with Gasteiger partial charge in [0.05, 0.1) is 16.0 Å².